The van der Waals surface area contributed by atoms with Gasteiger partial charge in [0.1, 0.15) is 11.9 Å². The van der Waals surface area contributed by atoms with E-state index in [2.05, 4.69) is 12.2 Å². The van der Waals surface area contributed by atoms with E-state index < -0.39 is 11.2 Å². The van der Waals surface area contributed by atoms with Crippen molar-refractivity contribution >= 4 is 11.7 Å². The fourth-order valence-electron chi connectivity index (χ4n) is 3.55. The Morgan fingerprint density at radius 1 is 1.35 bits per heavy atom. The van der Waals surface area contributed by atoms with Crippen molar-refractivity contribution in [3.63, 3.8) is 0 Å². The lowest BCUT2D eigenvalue weighted by molar-refractivity contribution is -0.125. The number of carbonyl (C=O) groups excluding carboxylic acids is 1. The Hall–Kier alpha value is -2.56. The second kappa shape index (κ2) is 8.21. The van der Waals surface area contributed by atoms with Crippen molar-refractivity contribution in [2.75, 3.05) is 18.0 Å². The maximum absolute atomic E-state index is 12.6. The lowest BCUT2D eigenvalue weighted by atomic mass is 9.96. The van der Waals surface area contributed by atoms with Crippen LogP contribution in [-0.2, 0) is 18.9 Å². The van der Waals surface area contributed by atoms with Gasteiger partial charge in [-0.25, -0.2) is 4.79 Å². The summed E-state index contributed by atoms with van der Waals surface area (Å²) in [5, 5.41) is 12.5. The number of anilines is 1. The molecule has 142 valence electrons. The van der Waals surface area contributed by atoms with Crippen LogP contribution in [0.5, 0.6) is 0 Å². The molecule has 8 heteroatoms. The molecule has 2 atom stereocenters. The van der Waals surface area contributed by atoms with Crippen molar-refractivity contribution in [3.05, 3.63) is 26.4 Å². The van der Waals surface area contributed by atoms with Gasteiger partial charge in [-0.15, -0.1) is 0 Å². The quantitative estimate of drug-likeness (QED) is 0.822. The van der Waals surface area contributed by atoms with E-state index in [0.717, 1.165) is 30.3 Å². The van der Waals surface area contributed by atoms with Gasteiger partial charge in [0.2, 0.25) is 5.91 Å². The van der Waals surface area contributed by atoms with Crippen molar-refractivity contribution in [2.45, 2.75) is 45.6 Å². The zero-order valence-electron chi connectivity index (χ0n) is 15.9. The molecular formula is C18H27N5O3. The molecule has 0 saturated carbocycles. The summed E-state index contributed by atoms with van der Waals surface area (Å²) in [7, 11) is 2.90. The van der Waals surface area contributed by atoms with Crippen LogP contribution >= 0.6 is 0 Å². The predicted octanol–water partition coefficient (Wildman–Crippen LogP) is 0.477. The molecule has 0 aromatic carbocycles. The van der Waals surface area contributed by atoms with Crippen LogP contribution in [0.1, 0.15) is 45.1 Å². The van der Waals surface area contributed by atoms with Gasteiger partial charge in [-0.3, -0.25) is 18.7 Å². The Balaban J connectivity index is 2.31. The fourth-order valence-corrected chi connectivity index (χ4v) is 3.55. The van der Waals surface area contributed by atoms with E-state index in [1.807, 2.05) is 17.9 Å². The Labute approximate surface area is 153 Å². The molecule has 1 aliphatic heterocycles. The summed E-state index contributed by atoms with van der Waals surface area (Å²) < 4.78 is 2.25. The highest BCUT2D eigenvalue weighted by Gasteiger charge is 2.30. The maximum atomic E-state index is 12.6. The molecule has 1 amide bonds. The van der Waals surface area contributed by atoms with Crippen LogP contribution in [-0.4, -0.2) is 34.2 Å². The molecule has 26 heavy (non-hydrogen) atoms. The average Bonchev–Trinajstić information content (AvgIpc) is 2.63. The molecule has 1 saturated heterocycles. The van der Waals surface area contributed by atoms with Crippen LogP contribution in [0.4, 0.5) is 5.82 Å². The SMILES string of the molecule is CCCC(C)NC(=O)C1CCCN(c2c(C#N)c(=O)n(C)c(=O)n2C)C1. The number of amides is 1. The van der Waals surface area contributed by atoms with Crippen molar-refractivity contribution in [1.29, 1.82) is 5.26 Å². The summed E-state index contributed by atoms with van der Waals surface area (Å²) >= 11 is 0. The van der Waals surface area contributed by atoms with Gasteiger partial charge in [0, 0.05) is 33.2 Å². The maximum Gasteiger partial charge on any atom is 0.332 e. The Bertz CT molecular complexity index is 833. The third kappa shape index (κ3) is 3.82. The number of carbonyl (C=O) groups is 1. The Kier molecular flexibility index (Phi) is 6.24. The highest BCUT2D eigenvalue weighted by atomic mass is 16.2. The average molecular weight is 361 g/mol. The largest absolute Gasteiger partial charge is 0.356 e. The minimum Gasteiger partial charge on any atom is -0.356 e. The number of piperidine rings is 1. The van der Waals surface area contributed by atoms with Crippen LogP contribution in [0.25, 0.3) is 0 Å². The Morgan fingerprint density at radius 3 is 2.65 bits per heavy atom. The molecular weight excluding hydrogens is 334 g/mol. The Morgan fingerprint density at radius 2 is 2.04 bits per heavy atom. The first-order valence-electron chi connectivity index (χ1n) is 9.07. The lowest BCUT2D eigenvalue weighted by Gasteiger charge is -2.35. The number of rotatable bonds is 5. The van der Waals surface area contributed by atoms with E-state index >= 15 is 0 Å². The molecule has 1 aliphatic rings. The monoisotopic (exact) mass is 361 g/mol. The number of aromatic nitrogens is 2. The summed E-state index contributed by atoms with van der Waals surface area (Å²) in [6.45, 7) is 5.05. The standard InChI is InChI=1S/C18H27N5O3/c1-5-7-12(2)20-15(24)13-8-6-9-23(11-13)16-14(10-19)17(25)22(4)18(26)21(16)3/h12-13H,5-9,11H2,1-4H3,(H,20,24). The van der Waals surface area contributed by atoms with E-state index in [-0.39, 0.29) is 23.4 Å². The number of nitriles is 1. The molecule has 0 aliphatic carbocycles. The zero-order valence-corrected chi connectivity index (χ0v) is 15.9. The molecule has 2 heterocycles. The molecule has 1 aromatic rings. The lowest BCUT2D eigenvalue weighted by Crippen LogP contribution is -2.48. The van der Waals surface area contributed by atoms with Crippen molar-refractivity contribution < 1.29 is 4.79 Å². The number of nitrogens with one attached hydrogen (secondary N) is 1. The number of nitrogens with zero attached hydrogens (tertiary/aromatic N) is 4. The van der Waals surface area contributed by atoms with E-state index in [4.69, 9.17) is 0 Å². The van der Waals surface area contributed by atoms with E-state index in [1.165, 1.54) is 11.6 Å². The van der Waals surface area contributed by atoms with Gasteiger partial charge >= 0.3 is 5.69 Å². The van der Waals surface area contributed by atoms with Crippen LogP contribution in [0.2, 0.25) is 0 Å². The molecule has 8 nitrogen and oxygen atoms in total. The minimum atomic E-state index is -0.603. The van der Waals surface area contributed by atoms with Gasteiger partial charge in [0.25, 0.3) is 5.56 Å². The van der Waals surface area contributed by atoms with Gasteiger partial charge < -0.3 is 10.2 Å². The normalized spacial score (nSPS) is 18.3. The molecule has 1 N–H and O–H groups in total. The van der Waals surface area contributed by atoms with Gasteiger partial charge in [-0.1, -0.05) is 13.3 Å². The second-order valence-corrected chi connectivity index (χ2v) is 7.00. The van der Waals surface area contributed by atoms with Crippen molar-refractivity contribution in [2.24, 2.45) is 20.0 Å². The second-order valence-electron chi connectivity index (χ2n) is 7.00. The van der Waals surface area contributed by atoms with Gasteiger partial charge in [-0.05, 0) is 26.2 Å². The highest BCUT2D eigenvalue weighted by molar-refractivity contribution is 5.80. The molecule has 0 radical (unpaired) electrons. The first kappa shape index (κ1) is 19.8. The molecule has 2 rings (SSSR count). The van der Waals surface area contributed by atoms with Crippen molar-refractivity contribution in [3.8, 4) is 6.07 Å². The third-order valence-electron chi connectivity index (χ3n) is 4.95. The van der Waals surface area contributed by atoms with Gasteiger partial charge in [-0.2, -0.15) is 5.26 Å². The third-order valence-corrected chi connectivity index (χ3v) is 4.95. The highest BCUT2D eigenvalue weighted by Crippen LogP contribution is 2.24. The summed E-state index contributed by atoms with van der Waals surface area (Å²) in [6.07, 6.45) is 3.43. The fraction of sp³-hybridized carbons (Fsp3) is 0.667. The van der Waals surface area contributed by atoms with E-state index in [1.54, 1.807) is 7.05 Å². The first-order valence-corrected chi connectivity index (χ1v) is 9.07. The minimum absolute atomic E-state index is 0.0111. The summed E-state index contributed by atoms with van der Waals surface area (Å²) in [5.41, 5.74) is -1.14. The van der Waals surface area contributed by atoms with Gasteiger partial charge in [0.05, 0.1) is 5.92 Å². The summed E-state index contributed by atoms with van der Waals surface area (Å²) in [6, 6.07) is 2.04. The summed E-state index contributed by atoms with van der Waals surface area (Å²) in [4.78, 5) is 38.9. The molecule has 0 bridgehead atoms. The smallest absolute Gasteiger partial charge is 0.332 e. The van der Waals surface area contributed by atoms with E-state index in [9.17, 15) is 19.6 Å². The first-order chi connectivity index (χ1) is 12.3. The molecule has 0 spiro atoms. The topological polar surface area (TPSA) is 100 Å². The van der Waals surface area contributed by atoms with Crippen molar-refractivity contribution in [1.82, 2.24) is 14.5 Å². The van der Waals surface area contributed by atoms with Crippen LogP contribution in [0.15, 0.2) is 9.59 Å². The van der Waals surface area contributed by atoms with Crippen LogP contribution < -0.4 is 21.5 Å². The van der Waals surface area contributed by atoms with Crippen LogP contribution in [0, 0.1) is 17.2 Å². The number of hydrogen-bond acceptors (Lipinski definition) is 5. The summed E-state index contributed by atoms with van der Waals surface area (Å²) in [5.74, 6) is 0.0662. The number of hydrogen-bond donors (Lipinski definition) is 1. The predicted molar refractivity (Wildman–Crippen MR) is 99.1 cm³/mol. The molecule has 1 aromatic heterocycles. The zero-order chi connectivity index (χ0) is 19.4. The van der Waals surface area contributed by atoms with Crippen LogP contribution in [0.3, 0.4) is 0 Å². The van der Waals surface area contributed by atoms with E-state index in [0.29, 0.717) is 18.9 Å². The molecule has 1 fully saturated rings. The molecule has 2 unspecified atom stereocenters. The van der Waals surface area contributed by atoms with Gasteiger partial charge in [0.15, 0.2) is 5.56 Å².